The zero-order chi connectivity index (χ0) is 14.0. The summed E-state index contributed by atoms with van der Waals surface area (Å²) in [5, 5.41) is 9.67. The number of hydrogen-bond acceptors (Lipinski definition) is 4. The number of nitrogens with one attached hydrogen (secondary N) is 2. The lowest BCUT2D eigenvalue weighted by atomic mass is 9.87. The van der Waals surface area contributed by atoms with E-state index in [0.717, 1.165) is 25.9 Å². The molecule has 1 aromatic carbocycles. The third kappa shape index (κ3) is 3.33. The summed E-state index contributed by atoms with van der Waals surface area (Å²) in [6, 6.07) is 6.06. The number of hydrogen-bond donors (Lipinski definition) is 2. The van der Waals surface area contributed by atoms with Crippen LogP contribution in [0.1, 0.15) is 19.3 Å². The van der Waals surface area contributed by atoms with Crippen molar-refractivity contribution in [3.8, 4) is 0 Å². The first kappa shape index (κ1) is 15.7. The maximum Gasteiger partial charge on any atom is 0.273 e. The van der Waals surface area contributed by atoms with Gasteiger partial charge in [-0.3, -0.25) is 4.79 Å². The predicted octanol–water partition coefficient (Wildman–Crippen LogP) is 2.08. The van der Waals surface area contributed by atoms with Crippen LogP contribution in [-0.2, 0) is 9.63 Å². The summed E-state index contributed by atoms with van der Waals surface area (Å²) in [5.41, 5.74) is 0.134. The molecule has 1 fully saturated rings. The van der Waals surface area contributed by atoms with E-state index in [1.54, 1.807) is 12.1 Å². The van der Waals surface area contributed by atoms with Crippen LogP contribution in [-0.4, -0.2) is 30.3 Å². The van der Waals surface area contributed by atoms with Crippen LogP contribution in [0.25, 0.3) is 0 Å². The van der Waals surface area contributed by atoms with Crippen molar-refractivity contribution in [1.82, 2.24) is 5.32 Å². The van der Waals surface area contributed by atoms with E-state index in [9.17, 15) is 9.18 Å². The Morgan fingerprint density at radius 2 is 2.05 bits per heavy atom. The molecule has 0 atom stereocenters. The number of piperidine rings is 1. The standard InChI is InChI=1S/C14H16FN3O2.ClH/c15-10-3-1-2-4-11(10)17-13(19)12-9-14(20-18-12)5-7-16-8-6-14;/h1-4,16H,5-9H2,(H,17,19);1H. The molecule has 0 aromatic heterocycles. The molecular formula is C14H17ClFN3O2. The second kappa shape index (κ2) is 6.41. The van der Waals surface area contributed by atoms with E-state index in [-0.39, 0.29) is 23.7 Å². The SMILES string of the molecule is Cl.O=C(Nc1ccccc1F)C1=NOC2(CCNCC2)C1. The zero-order valence-corrected chi connectivity index (χ0v) is 12.2. The quantitative estimate of drug-likeness (QED) is 0.879. The van der Waals surface area contributed by atoms with Crippen molar-refractivity contribution in [3.05, 3.63) is 30.1 Å². The number of anilines is 1. The fraction of sp³-hybridized carbons (Fsp3) is 0.429. The van der Waals surface area contributed by atoms with Gasteiger partial charge in [-0.2, -0.15) is 0 Å². The van der Waals surface area contributed by atoms with Gasteiger partial charge in [-0.15, -0.1) is 12.4 Å². The molecule has 114 valence electrons. The summed E-state index contributed by atoms with van der Waals surface area (Å²) in [4.78, 5) is 17.6. The first-order valence-corrected chi connectivity index (χ1v) is 6.70. The van der Waals surface area contributed by atoms with E-state index in [2.05, 4.69) is 15.8 Å². The summed E-state index contributed by atoms with van der Waals surface area (Å²) >= 11 is 0. The number of para-hydroxylation sites is 1. The molecule has 3 rings (SSSR count). The highest BCUT2D eigenvalue weighted by molar-refractivity contribution is 6.43. The summed E-state index contributed by atoms with van der Waals surface area (Å²) in [5.74, 6) is -0.859. The molecule has 1 saturated heterocycles. The number of carbonyl (C=O) groups excluding carboxylic acids is 1. The van der Waals surface area contributed by atoms with Crippen LogP contribution in [0.2, 0.25) is 0 Å². The third-order valence-electron chi connectivity index (χ3n) is 3.74. The highest BCUT2D eigenvalue weighted by Gasteiger charge is 2.42. The Labute approximate surface area is 128 Å². The largest absolute Gasteiger partial charge is 0.388 e. The van der Waals surface area contributed by atoms with Crippen molar-refractivity contribution in [2.75, 3.05) is 18.4 Å². The van der Waals surface area contributed by atoms with E-state index in [4.69, 9.17) is 4.84 Å². The molecular weight excluding hydrogens is 297 g/mol. The monoisotopic (exact) mass is 313 g/mol. The van der Waals surface area contributed by atoms with Crippen LogP contribution < -0.4 is 10.6 Å². The van der Waals surface area contributed by atoms with Crippen LogP contribution in [0.5, 0.6) is 0 Å². The second-order valence-electron chi connectivity index (χ2n) is 5.17. The van der Waals surface area contributed by atoms with Crippen LogP contribution in [0.15, 0.2) is 29.4 Å². The molecule has 0 saturated carbocycles. The van der Waals surface area contributed by atoms with Gasteiger partial charge in [0.05, 0.1) is 5.69 Å². The Bertz CT molecular complexity index is 559. The lowest BCUT2D eigenvalue weighted by Gasteiger charge is -2.30. The molecule has 2 N–H and O–H groups in total. The molecule has 21 heavy (non-hydrogen) atoms. The predicted molar refractivity (Wildman–Crippen MR) is 80.2 cm³/mol. The van der Waals surface area contributed by atoms with Gasteiger partial charge in [0.15, 0.2) is 0 Å². The second-order valence-corrected chi connectivity index (χ2v) is 5.17. The molecule has 0 radical (unpaired) electrons. The Hall–Kier alpha value is -1.66. The highest BCUT2D eigenvalue weighted by atomic mass is 35.5. The normalized spacial score (nSPS) is 19.4. The minimum atomic E-state index is -0.461. The maximum absolute atomic E-state index is 13.5. The maximum atomic E-state index is 13.5. The molecule has 1 spiro atoms. The number of carbonyl (C=O) groups is 1. The van der Waals surface area contributed by atoms with Gasteiger partial charge in [0.2, 0.25) is 0 Å². The van der Waals surface area contributed by atoms with Gasteiger partial charge in [0.25, 0.3) is 5.91 Å². The Kier molecular flexibility index (Phi) is 4.80. The summed E-state index contributed by atoms with van der Waals surface area (Å²) in [7, 11) is 0. The van der Waals surface area contributed by atoms with Gasteiger partial charge in [-0.1, -0.05) is 17.3 Å². The van der Waals surface area contributed by atoms with Crippen molar-refractivity contribution < 1.29 is 14.0 Å². The van der Waals surface area contributed by atoms with Crippen LogP contribution >= 0.6 is 12.4 Å². The minimum absolute atomic E-state index is 0. The minimum Gasteiger partial charge on any atom is -0.388 e. The zero-order valence-electron chi connectivity index (χ0n) is 11.4. The average molecular weight is 314 g/mol. The average Bonchev–Trinajstić information content (AvgIpc) is 2.86. The molecule has 1 amide bonds. The highest BCUT2D eigenvalue weighted by Crippen LogP contribution is 2.32. The molecule has 0 aliphatic carbocycles. The van der Waals surface area contributed by atoms with Crippen molar-refractivity contribution >= 4 is 29.7 Å². The van der Waals surface area contributed by atoms with E-state index in [1.165, 1.54) is 12.1 Å². The Morgan fingerprint density at radius 3 is 2.76 bits per heavy atom. The van der Waals surface area contributed by atoms with Crippen LogP contribution in [0, 0.1) is 5.82 Å². The Balaban J connectivity index is 0.00000161. The van der Waals surface area contributed by atoms with E-state index < -0.39 is 11.7 Å². The van der Waals surface area contributed by atoms with E-state index in [0.29, 0.717) is 12.1 Å². The van der Waals surface area contributed by atoms with Crippen LogP contribution in [0.3, 0.4) is 0 Å². The first-order valence-electron chi connectivity index (χ1n) is 6.70. The Morgan fingerprint density at radius 1 is 1.33 bits per heavy atom. The summed E-state index contributed by atoms with van der Waals surface area (Å²) in [6.45, 7) is 1.72. The summed E-state index contributed by atoms with van der Waals surface area (Å²) in [6.07, 6.45) is 2.13. The topological polar surface area (TPSA) is 62.7 Å². The van der Waals surface area contributed by atoms with Crippen molar-refractivity contribution in [3.63, 3.8) is 0 Å². The fourth-order valence-electron chi connectivity index (χ4n) is 2.55. The van der Waals surface area contributed by atoms with Gasteiger partial charge in [0, 0.05) is 19.3 Å². The third-order valence-corrected chi connectivity index (χ3v) is 3.74. The summed E-state index contributed by atoms with van der Waals surface area (Å²) < 4.78 is 13.5. The number of benzene rings is 1. The van der Waals surface area contributed by atoms with Crippen molar-refractivity contribution in [2.45, 2.75) is 24.9 Å². The first-order chi connectivity index (χ1) is 9.69. The molecule has 1 aromatic rings. The van der Waals surface area contributed by atoms with Gasteiger partial charge in [-0.25, -0.2) is 4.39 Å². The van der Waals surface area contributed by atoms with E-state index >= 15 is 0 Å². The molecule has 2 aliphatic rings. The molecule has 0 unspecified atom stereocenters. The van der Waals surface area contributed by atoms with Crippen molar-refractivity contribution in [1.29, 1.82) is 0 Å². The lowest BCUT2D eigenvalue weighted by Crippen LogP contribution is -2.42. The van der Waals surface area contributed by atoms with Crippen LogP contribution in [0.4, 0.5) is 10.1 Å². The van der Waals surface area contributed by atoms with Gasteiger partial charge in [-0.05, 0) is 25.2 Å². The number of oxime groups is 1. The molecule has 2 heterocycles. The molecule has 7 heteroatoms. The fourth-order valence-corrected chi connectivity index (χ4v) is 2.55. The van der Waals surface area contributed by atoms with Crippen molar-refractivity contribution in [2.24, 2.45) is 5.16 Å². The molecule has 2 aliphatic heterocycles. The van der Waals surface area contributed by atoms with Gasteiger partial charge in [0.1, 0.15) is 17.1 Å². The molecule has 5 nitrogen and oxygen atoms in total. The molecule has 0 bridgehead atoms. The number of amides is 1. The number of rotatable bonds is 2. The lowest BCUT2D eigenvalue weighted by molar-refractivity contribution is -0.110. The van der Waals surface area contributed by atoms with Gasteiger partial charge < -0.3 is 15.5 Å². The number of halogens is 2. The van der Waals surface area contributed by atoms with Gasteiger partial charge >= 0.3 is 0 Å². The smallest absolute Gasteiger partial charge is 0.273 e. The number of nitrogens with zero attached hydrogens (tertiary/aromatic N) is 1. The van der Waals surface area contributed by atoms with E-state index in [1.807, 2.05) is 0 Å².